The molecule has 1 aliphatic heterocycles. The molecule has 0 aromatic heterocycles. The summed E-state index contributed by atoms with van der Waals surface area (Å²) in [6, 6.07) is 40.6. The standard InChI is InChI=1S/C43H54O10S/c44-21-22-45-23-24-46-25-26-47-27-28-48-29-30-50-40-39(34-49-31-35-13-5-1-6-14-35)53-43(54-38-19-11-4-12-20-38)42(52-33-37-17-9-3-10-18-37)41(40)51-32-36-15-7-2-8-16-36/h1-20,39-44H,21-34H2/t39-,40+,41+,42-,43+/m1/s1. The van der Waals surface area contributed by atoms with Gasteiger partial charge in [0.15, 0.2) is 0 Å². The average Bonchev–Trinajstić information content (AvgIpc) is 3.22. The van der Waals surface area contributed by atoms with Crippen molar-refractivity contribution in [2.24, 2.45) is 0 Å². The fourth-order valence-electron chi connectivity index (χ4n) is 5.78. The Morgan fingerprint density at radius 2 is 0.889 bits per heavy atom. The fourth-order valence-corrected chi connectivity index (χ4v) is 6.93. The summed E-state index contributed by atoms with van der Waals surface area (Å²) < 4.78 is 55.6. The molecule has 4 aromatic rings. The van der Waals surface area contributed by atoms with Crippen LogP contribution in [0.15, 0.2) is 126 Å². The lowest BCUT2D eigenvalue weighted by atomic mass is 9.99. The largest absolute Gasteiger partial charge is 0.394 e. The molecule has 11 heteroatoms. The van der Waals surface area contributed by atoms with Gasteiger partial charge in [0.2, 0.25) is 0 Å². The quantitative estimate of drug-likeness (QED) is 0.0690. The minimum atomic E-state index is -0.517. The molecule has 5 atom stereocenters. The summed E-state index contributed by atoms with van der Waals surface area (Å²) in [5.41, 5.74) is 2.78. The predicted molar refractivity (Wildman–Crippen MR) is 207 cm³/mol. The van der Waals surface area contributed by atoms with E-state index in [1.807, 2.05) is 84.9 Å². The molecule has 0 bridgehead atoms. The minimum absolute atomic E-state index is 0.00697. The van der Waals surface area contributed by atoms with Crippen molar-refractivity contribution in [3.63, 3.8) is 0 Å². The van der Waals surface area contributed by atoms with Crippen LogP contribution in [0, 0.1) is 0 Å². The molecule has 5 rings (SSSR count). The van der Waals surface area contributed by atoms with Gasteiger partial charge in [0, 0.05) is 4.90 Å². The number of aliphatic hydroxyl groups excluding tert-OH is 1. The smallest absolute Gasteiger partial charge is 0.137 e. The van der Waals surface area contributed by atoms with E-state index < -0.39 is 29.9 Å². The molecular formula is C43H54O10S. The first-order valence-corrected chi connectivity index (χ1v) is 19.5. The molecule has 0 amide bonds. The molecule has 0 unspecified atom stereocenters. The third kappa shape index (κ3) is 15.5. The van der Waals surface area contributed by atoms with Crippen LogP contribution in [0.1, 0.15) is 16.7 Å². The molecule has 0 spiro atoms. The lowest BCUT2D eigenvalue weighted by Gasteiger charge is -2.46. The molecule has 1 fully saturated rings. The highest BCUT2D eigenvalue weighted by molar-refractivity contribution is 7.99. The maximum atomic E-state index is 8.76. The van der Waals surface area contributed by atoms with Crippen molar-refractivity contribution >= 4 is 11.8 Å². The van der Waals surface area contributed by atoms with E-state index in [0.717, 1.165) is 21.6 Å². The van der Waals surface area contributed by atoms with Crippen LogP contribution in [-0.4, -0.2) is 108 Å². The van der Waals surface area contributed by atoms with Crippen LogP contribution in [-0.2, 0) is 62.5 Å². The van der Waals surface area contributed by atoms with Crippen LogP contribution in [0.4, 0.5) is 0 Å². The highest BCUT2D eigenvalue weighted by Gasteiger charge is 2.48. The first-order valence-electron chi connectivity index (χ1n) is 18.6. The van der Waals surface area contributed by atoms with Crippen LogP contribution < -0.4 is 0 Å². The Morgan fingerprint density at radius 1 is 0.444 bits per heavy atom. The Labute approximate surface area is 323 Å². The Kier molecular flexibility index (Phi) is 20.1. The molecule has 0 radical (unpaired) electrons. The highest BCUT2D eigenvalue weighted by Crippen LogP contribution is 2.38. The number of hydrogen-bond acceptors (Lipinski definition) is 11. The molecule has 1 heterocycles. The molecule has 292 valence electrons. The maximum Gasteiger partial charge on any atom is 0.137 e. The molecule has 0 saturated carbocycles. The first-order chi connectivity index (χ1) is 26.8. The average molecular weight is 763 g/mol. The first kappa shape index (κ1) is 42.0. The molecule has 1 saturated heterocycles. The van der Waals surface area contributed by atoms with Gasteiger partial charge in [-0.3, -0.25) is 0 Å². The van der Waals surface area contributed by atoms with Crippen molar-refractivity contribution in [2.45, 2.75) is 54.6 Å². The Hall–Kier alpha value is -3.17. The number of thioether (sulfide) groups is 1. The van der Waals surface area contributed by atoms with Crippen LogP contribution in [0.2, 0.25) is 0 Å². The van der Waals surface area contributed by atoms with Crippen LogP contribution in [0.5, 0.6) is 0 Å². The SMILES string of the molecule is OCCOCCOCCOCCOCCO[C@@H]1[C@H](OCc2ccccc2)[C@@H](OCc2ccccc2)[C@H](Sc2ccccc2)O[C@@H]1COCc1ccccc1. The van der Waals surface area contributed by atoms with E-state index in [1.54, 1.807) is 11.8 Å². The van der Waals surface area contributed by atoms with E-state index >= 15 is 0 Å². The Bertz CT molecular complexity index is 1490. The van der Waals surface area contributed by atoms with Crippen LogP contribution in [0.3, 0.4) is 0 Å². The number of rotatable bonds is 27. The topological polar surface area (TPSA) is 103 Å². The van der Waals surface area contributed by atoms with E-state index in [9.17, 15) is 0 Å². The lowest BCUT2D eigenvalue weighted by Crippen LogP contribution is -2.60. The third-order valence-electron chi connectivity index (χ3n) is 8.44. The van der Waals surface area contributed by atoms with Crippen molar-refractivity contribution in [1.82, 2.24) is 0 Å². The molecule has 1 N–H and O–H groups in total. The number of benzene rings is 4. The summed E-state index contributed by atoms with van der Waals surface area (Å²) >= 11 is 1.62. The zero-order chi connectivity index (χ0) is 37.3. The van der Waals surface area contributed by atoms with Crippen molar-refractivity contribution in [3.05, 3.63) is 138 Å². The monoisotopic (exact) mass is 762 g/mol. The summed E-state index contributed by atoms with van der Waals surface area (Å²) in [5, 5.41) is 8.76. The van der Waals surface area contributed by atoms with Gasteiger partial charge in [-0.05, 0) is 28.8 Å². The van der Waals surface area contributed by atoms with Gasteiger partial charge in [-0.25, -0.2) is 0 Å². The van der Waals surface area contributed by atoms with E-state index in [1.165, 1.54) is 0 Å². The van der Waals surface area contributed by atoms with Gasteiger partial charge in [-0.15, -0.1) is 0 Å². The van der Waals surface area contributed by atoms with Gasteiger partial charge < -0.3 is 47.7 Å². The second-order valence-electron chi connectivity index (χ2n) is 12.5. The molecule has 4 aromatic carbocycles. The van der Waals surface area contributed by atoms with Gasteiger partial charge >= 0.3 is 0 Å². The molecule has 1 aliphatic rings. The maximum absolute atomic E-state index is 8.76. The van der Waals surface area contributed by atoms with Gasteiger partial charge in [0.25, 0.3) is 0 Å². The van der Waals surface area contributed by atoms with Crippen molar-refractivity contribution < 1.29 is 47.7 Å². The van der Waals surface area contributed by atoms with Crippen LogP contribution >= 0.6 is 11.8 Å². The van der Waals surface area contributed by atoms with E-state index in [4.69, 9.17) is 47.7 Å². The second kappa shape index (κ2) is 25.8. The summed E-state index contributed by atoms with van der Waals surface area (Å²) in [6.45, 7) is 5.17. The fraction of sp³-hybridized carbons (Fsp3) is 0.442. The van der Waals surface area contributed by atoms with Gasteiger partial charge in [0.1, 0.15) is 29.9 Å². The van der Waals surface area contributed by atoms with Crippen molar-refractivity contribution in [1.29, 1.82) is 0 Å². The second-order valence-corrected chi connectivity index (χ2v) is 13.7. The molecule has 0 aliphatic carbocycles. The zero-order valence-corrected chi connectivity index (χ0v) is 31.7. The molecule has 54 heavy (non-hydrogen) atoms. The Balaban J connectivity index is 1.26. The lowest BCUT2D eigenvalue weighted by molar-refractivity contribution is -0.253. The van der Waals surface area contributed by atoms with E-state index in [2.05, 4.69) is 36.4 Å². The molecule has 10 nitrogen and oxygen atoms in total. The van der Waals surface area contributed by atoms with E-state index in [-0.39, 0.29) is 6.61 Å². The van der Waals surface area contributed by atoms with Crippen molar-refractivity contribution in [3.8, 4) is 0 Å². The highest BCUT2D eigenvalue weighted by atomic mass is 32.2. The van der Waals surface area contributed by atoms with Crippen LogP contribution in [0.25, 0.3) is 0 Å². The summed E-state index contributed by atoms with van der Waals surface area (Å²) in [4.78, 5) is 1.06. The van der Waals surface area contributed by atoms with Gasteiger partial charge in [-0.1, -0.05) is 121 Å². The summed E-state index contributed by atoms with van der Waals surface area (Å²) in [7, 11) is 0. The predicted octanol–water partition coefficient (Wildman–Crippen LogP) is 6.34. The van der Waals surface area contributed by atoms with Crippen molar-refractivity contribution in [2.75, 3.05) is 72.7 Å². The Morgan fingerprint density at radius 3 is 1.41 bits per heavy atom. The number of aliphatic hydroxyl groups is 1. The number of hydrogen-bond donors (Lipinski definition) is 1. The van der Waals surface area contributed by atoms with Gasteiger partial charge in [-0.2, -0.15) is 0 Å². The van der Waals surface area contributed by atoms with E-state index in [0.29, 0.717) is 85.9 Å². The summed E-state index contributed by atoms with van der Waals surface area (Å²) in [6.07, 6.45) is -1.94. The summed E-state index contributed by atoms with van der Waals surface area (Å²) in [5.74, 6) is 0. The zero-order valence-electron chi connectivity index (χ0n) is 30.9. The third-order valence-corrected chi connectivity index (χ3v) is 9.60. The normalized spacial score (nSPS) is 19.9. The minimum Gasteiger partial charge on any atom is -0.394 e. The molecular weight excluding hydrogens is 709 g/mol. The van der Waals surface area contributed by atoms with Gasteiger partial charge in [0.05, 0.1) is 92.5 Å². The number of ether oxygens (including phenoxy) is 9.